The number of amides is 2. The summed E-state index contributed by atoms with van der Waals surface area (Å²) < 4.78 is 5.50. The number of fused-ring (bicyclic) bond motifs is 2. The van der Waals surface area contributed by atoms with Gasteiger partial charge >= 0.3 is 6.03 Å². The van der Waals surface area contributed by atoms with Crippen molar-refractivity contribution >= 4 is 6.03 Å². The van der Waals surface area contributed by atoms with Gasteiger partial charge in [-0.2, -0.15) is 0 Å². The number of nitrogens with one attached hydrogen (secondary N) is 1. The van der Waals surface area contributed by atoms with E-state index in [4.69, 9.17) is 4.42 Å². The molecule has 1 spiro atoms. The molecule has 2 saturated heterocycles. The van der Waals surface area contributed by atoms with Gasteiger partial charge in [0.05, 0.1) is 12.8 Å². The van der Waals surface area contributed by atoms with Crippen molar-refractivity contribution in [1.29, 1.82) is 0 Å². The zero-order valence-corrected chi connectivity index (χ0v) is 16.4. The lowest BCUT2D eigenvalue weighted by Crippen LogP contribution is -2.49. The summed E-state index contributed by atoms with van der Waals surface area (Å²) in [6.07, 6.45) is 7.26. The first kappa shape index (κ1) is 17.8. The molecule has 3 aliphatic rings. The highest BCUT2D eigenvalue weighted by atomic mass is 16.3. The molecule has 148 valence electrons. The van der Waals surface area contributed by atoms with Crippen molar-refractivity contribution in [3.63, 3.8) is 0 Å². The zero-order chi connectivity index (χ0) is 19.0. The van der Waals surface area contributed by atoms with E-state index in [9.17, 15) is 4.79 Å². The molecule has 5 heteroatoms. The van der Waals surface area contributed by atoms with Gasteiger partial charge in [-0.15, -0.1) is 0 Å². The molecule has 0 radical (unpaired) electrons. The van der Waals surface area contributed by atoms with Crippen LogP contribution in [-0.2, 0) is 12.0 Å². The monoisotopic (exact) mass is 379 g/mol. The summed E-state index contributed by atoms with van der Waals surface area (Å²) >= 11 is 0. The van der Waals surface area contributed by atoms with E-state index in [-0.39, 0.29) is 11.4 Å². The van der Waals surface area contributed by atoms with Crippen LogP contribution in [0.1, 0.15) is 55.0 Å². The average molecular weight is 380 g/mol. The van der Waals surface area contributed by atoms with E-state index in [1.54, 1.807) is 6.26 Å². The lowest BCUT2D eigenvalue weighted by Gasteiger charge is -2.41. The van der Waals surface area contributed by atoms with Crippen molar-refractivity contribution < 1.29 is 9.21 Å². The molecule has 5 nitrogen and oxygen atoms in total. The van der Waals surface area contributed by atoms with Gasteiger partial charge < -0.3 is 19.5 Å². The highest BCUT2D eigenvalue weighted by Gasteiger charge is 2.46. The van der Waals surface area contributed by atoms with Crippen LogP contribution in [0.3, 0.4) is 0 Å². The van der Waals surface area contributed by atoms with Crippen molar-refractivity contribution in [2.75, 3.05) is 26.2 Å². The van der Waals surface area contributed by atoms with Crippen molar-refractivity contribution in [2.24, 2.45) is 0 Å². The van der Waals surface area contributed by atoms with Gasteiger partial charge in [-0.25, -0.2) is 4.79 Å². The molecule has 1 N–H and O–H groups in total. The number of hydrogen-bond acceptors (Lipinski definition) is 3. The molecule has 1 aromatic carbocycles. The van der Waals surface area contributed by atoms with Gasteiger partial charge in [0, 0.05) is 37.6 Å². The summed E-state index contributed by atoms with van der Waals surface area (Å²) in [6, 6.07) is 13.4. The standard InChI is InChI=1S/C23H29N3O2/c27-22(25-11-3-4-12-25)26-13-9-23(10-14-26)16-21(19-7-1-2-8-20(19)23)24-17-18-6-5-15-28-18/h1-2,5-8,15,21,24H,3-4,9-14,16-17H2. The van der Waals surface area contributed by atoms with Gasteiger partial charge in [-0.05, 0) is 55.4 Å². The summed E-state index contributed by atoms with van der Waals surface area (Å²) in [4.78, 5) is 16.9. The van der Waals surface area contributed by atoms with E-state index in [0.717, 1.165) is 70.6 Å². The third-order valence-electron chi connectivity index (χ3n) is 6.97. The predicted octanol–water partition coefficient (Wildman–Crippen LogP) is 4.06. The Morgan fingerprint density at radius 1 is 1.04 bits per heavy atom. The molecule has 1 unspecified atom stereocenters. The zero-order valence-electron chi connectivity index (χ0n) is 16.4. The molecule has 5 rings (SSSR count). The Hall–Kier alpha value is -2.27. The number of urea groups is 1. The van der Waals surface area contributed by atoms with Crippen molar-refractivity contribution in [3.05, 3.63) is 59.5 Å². The minimum Gasteiger partial charge on any atom is -0.468 e. The van der Waals surface area contributed by atoms with Crippen LogP contribution < -0.4 is 5.32 Å². The second-order valence-electron chi connectivity index (χ2n) is 8.55. The van der Waals surface area contributed by atoms with E-state index in [1.807, 2.05) is 17.0 Å². The lowest BCUT2D eigenvalue weighted by molar-refractivity contribution is 0.128. The maximum absolute atomic E-state index is 12.8. The fraction of sp³-hybridized carbons (Fsp3) is 0.522. The molecule has 1 atom stereocenters. The molecule has 0 bridgehead atoms. The molecule has 28 heavy (non-hydrogen) atoms. The molecule has 0 saturated carbocycles. The number of nitrogens with zero attached hydrogens (tertiary/aromatic N) is 2. The van der Waals surface area contributed by atoms with E-state index in [0.29, 0.717) is 6.04 Å². The molecule has 3 heterocycles. The van der Waals surface area contributed by atoms with Crippen molar-refractivity contribution in [3.8, 4) is 0 Å². The van der Waals surface area contributed by atoms with Crippen LogP contribution in [0.2, 0.25) is 0 Å². The van der Waals surface area contributed by atoms with Gasteiger partial charge in [0.1, 0.15) is 5.76 Å². The number of carbonyl (C=O) groups is 1. The molecule has 2 aromatic rings. The second kappa shape index (κ2) is 7.28. The third kappa shape index (κ3) is 3.12. The fourth-order valence-electron chi connectivity index (χ4n) is 5.42. The summed E-state index contributed by atoms with van der Waals surface area (Å²) in [7, 11) is 0. The van der Waals surface area contributed by atoms with E-state index in [1.165, 1.54) is 11.1 Å². The van der Waals surface area contributed by atoms with Gasteiger partial charge in [0.2, 0.25) is 0 Å². The Labute approximate surface area is 166 Å². The average Bonchev–Trinajstić information content (AvgIpc) is 3.49. The minimum atomic E-state index is 0.194. The largest absolute Gasteiger partial charge is 0.468 e. The number of rotatable bonds is 3. The Bertz CT molecular complexity index is 818. The first-order valence-electron chi connectivity index (χ1n) is 10.6. The summed E-state index contributed by atoms with van der Waals surface area (Å²) in [5, 5.41) is 3.71. The van der Waals surface area contributed by atoms with Crippen LogP contribution in [0.25, 0.3) is 0 Å². The fourth-order valence-corrected chi connectivity index (χ4v) is 5.42. The molecular weight excluding hydrogens is 350 g/mol. The van der Waals surface area contributed by atoms with Crippen LogP contribution in [0.5, 0.6) is 0 Å². The first-order valence-corrected chi connectivity index (χ1v) is 10.6. The van der Waals surface area contributed by atoms with Crippen LogP contribution in [0.4, 0.5) is 4.79 Å². The Morgan fingerprint density at radius 2 is 1.79 bits per heavy atom. The number of piperidine rings is 1. The Morgan fingerprint density at radius 3 is 2.54 bits per heavy atom. The molecule has 2 fully saturated rings. The number of benzene rings is 1. The van der Waals surface area contributed by atoms with E-state index < -0.39 is 0 Å². The predicted molar refractivity (Wildman–Crippen MR) is 108 cm³/mol. The minimum absolute atomic E-state index is 0.194. The molecular formula is C23H29N3O2. The Kier molecular flexibility index (Phi) is 4.63. The number of likely N-dealkylation sites (tertiary alicyclic amines) is 2. The number of furan rings is 1. The molecule has 2 aliphatic heterocycles. The smallest absolute Gasteiger partial charge is 0.319 e. The van der Waals surface area contributed by atoms with E-state index >= 15 is 0 Å². The van der Waals surface area contributed by atoms with Gasteiger partial charge in [-0.3, -0.25) is 0 Å². The van der Waals surface area contributed by atoms with Crippen LogP contribution in [-0.4, -0.2) is 42.0 Å². The molecule has 1 aliphatic carbocycles. The van der Waals surface area contributed by atoms with Crippen molar-refractivity contribution in [1.82, 2.24) is 15.1 Å². The van der Waals surface area contributed by atoms with Crippen LogP contribution in [0, 0.1) is 0 Å². The first-order chi connectivity index (χ1) is 13.8. The Balaban J connectivity index is 1.29. The van der Waals surface area contributed by atoms with E-state index in [2.05, 4.69) is 34.5 Å². The highest BCUT2D eigenvalue weighted by molar-refractivity contribution is 5.75. The lowest BCUT2D eigenvalue weighted by atomic mass is 9.73. The number of hydrogen-bond donors (Lipinski definition) is 1. The van der Waals surface area contributed by atoms with Crippen LogP contribution in [0.15, 0.2) is 47.1 Å². The normalized spacial score (nSPS) is 23.4. The summed E-state index contributed by atoms with van der Waals surface area (Å²) in [5.74, 6) is 0.976. The topological polar surface area (TPSA) is 48.7 Å². The quantitative estimate of drug-likeness (QED) is 0.875. The molecule has 2 amide bonds. The van der Waals surface area contributed by atoms with Gasteiger partial charge in [-0.1, -0.05) is 24.3 Å². The maximum Gasteiger partial charge on any atom is 0.319 e. The van der Waals surface area contributed by atoms with Crippen LogP contribution >= 0.6 is 0 Å². The van der Waals surface area contributed by atoms with Gasteiger partial charge in [0.25, 0.3) is 0 Å². The number of carbonyl (C=O) groups excluding carboxylic acids is 1. The van der Waals surface area contributed by atoms with Crippen molar-refractivity contribution in [2.45, 2.75) is 50.1 Å². The highest BCUT2D eigenvalue weighted by Crippen LogP contribution is 2.50. The molecule has 1 aromatic heterocycles. The third-order valence-corrected chi connectivity index (χ3v) is 6.97. The van der Waals surface area contributed by atoms with Gasteiger partial charge in [0.15, 0.2) is 0 Å². The summed E-state index contributed by atoms with van der Waals surface area (Å²) in [5.41, 5.74) is 3.10. The second-order valence-corrected chi connectivity index (χ2v) is 8.55. The maximum atomic E-state index is 12.8. The summed E-state index contributed by atoms with van der Waals surface area (Å²) in [6.45, 7) is 4.36. The SMILES string of the molecule is O=C(N1CCCC1)N1CCC2(CC1)CC(NCc1ccco1)c1ccccc12.